The van der Waals surface area contributed by atoms with Crippen LogP contribution in [-0.2, 0) is 9.05 Å². The van der Waals surface area contributed by atoms with Crippen LogP contribution < -0.4 is 0 Å². The third-order valence-electron chi connectivity index (χ3n) is 4.18. The number of likely N-dealkylation sites (tertiary alicyclic amines) is 1. The minimum atomic E-state index is -3.78. The molecule has 2 heterocycles. The lowest BCUT2D eigenvalue weighted by atomic mass is 10.0. The van der Waals surface area contributed by atoms with Gasteiger partial charge in [0, 0.05) is 30.0 Å². The largest absolute Gasteiger partial charge is 0.356 e. The fraction of sp³-hybridized carbons (Fsp3) is 0.583. The summed E-state index contributed by atoms with van der Waals surface area (Å²) in [5.74, 6) is 1.10. The van der Waals surface area contributed by atoms with Gasteiger partial charge >= 0.3 is 0 Å². The van der Waals surface area contributed by atoms with Crippen molar-refractivity contribution in [1.29, 1.82) is 0 Å². The van der Waals surface area contributed by atoms with Crippen LogP contribution in [0.3, 0.4) is 0 Å². The number of aromatic amines is 1. The molecule has 2 unspecified atom stereocenters. The van der Waals surface area contributed by atoms with Gasteiger partial charge < -0.3 is 9.88 Å². The van der Waals surface area contributed by atoms with Crippen molar-refractivity contribution in [2.75, 3.05) is 13.1 Å². The molecule has 0 radical (unpaired) electrons. The second-order valence-corrected chi connectivity index (χ2v) is 7.91. The van der Waals surface area contributed by atoms with E-state index in [1.54, 1.807) is 0 Å². The second-order valence-electron chi connectivity index (χ2n) is 5.35. The summed E-state index contributed by atoms with van der Waals surface area (Å²) in [5, 5.41) is 0. The van der Waals surface area contributed by atoms with Crippen LogP contribution >= 0.6 is 10.7 Å². The summed E-state index contributed by atoms with van der Waals surface area (Å²) in [6.45, 7) is 1.57. The molecule has 1 amide bonds. The van der Waals surface area contributed by atoms with Gasteiger partial charge in [-0.25, -0.2) is 8.42 Å². The Balaban J connectivity index is 1.76. The lowest BCUT2D eigenvalue weighted by molar-refractivity contribution is 0.0775. The number of nitrogens with zero attached hydrogens (tertiary/aromatic N) is 1. The van der Waals surface area contributed by atoms with Crippen LogP contribution in [-0.4, -0.2) is 37.3 Å². The summed E-state index contributed by atoms with van der Waals surface area (Å²) in [6, 6.07) is 1.30. The van der Waals surface area contributed by atoms with Crippen LogP contribution in [0.25, 0.3) is 0 Å². The molecule has 2 fully saturated rings. The first kappa shape index (κ1) is 13.0. The van der Waals surface area contributed by atoms with Crippen LogP contribution in [0.4, 0.5) is 0 Å². The highest BCUT2D eigenvalue weighted by molar-refractivity contribution is 8.13. The molecule has 1 aliphatic carbocycles. The zero-order chi connectivity index (χ0) is 13.6. The van der Waals surface area contributed by atoms with Crippen molar-refractivity contribution in [2.24, 2.45) is 11.8 Å². The zero-order valence-corrected chi connectivity index (χ0v) is 11.9. The van der Waals surface area contributed by atoms with E-state index in [0.717, 1.165) is 13.1 Å². The third-order valence-corrected chi connectivity index (χ3v) is 5.52. The fourth-order valence-electron chi connectivity index (χ4n) is 3.21. The Hall–Kier alpha value is -1.01. The maximum absolute atomic E-state index is 12.3. The van der Waals surface area contributed by atoms with E-state index >= 15 is 0 Å². The molecule has 7 heteroatoms. The lowest BCUT2D eigenvalue weighted by Crippen LogP contribution is -2.29. The summed E-state index contributed by atoms with van der Waals surface area (Å²) in [7, 11) is 1.46. The SMILES string of the molecule is O=C(c1cc(S(=O)(=O)Cl)c[nH]1)N1CC2CCCC2C1. The average molecular weight is 303 g/mol. The Labute approximate surface area is 116 Å². The molecule has 1 N–H and O–H groups in total. The Kier molecular flexibility index (Phi) is 3.09. The Morgan fingerprint density at radius 1 is 1.32 bits per heavy atom. The van der Waals surface area contributed by atoms with Crippen molar-refractivity contribution < 1.29 is 13.2 Å². The number of hydrogen-bond acceptors (Lipinski definition) is 3. The minimum Gasteiger partial charge on any atom is -0.356 e. The van der Waals surface area contributed by atoms with Gasteiger partial charge in [0.25, 0.3) is 15.0 Å². The monoisotopic (exact) mass is 302 g/mol. The van der Waals surface area contributed by atoms with Gasteiger partial charge in [-0.2, -0.15) is 0 Å². The highest BCUT2D eigenvalue weighted by Crippen LogP contribution is 2.38. The predicted octanol–water partition coefficient (Wildman–Crippen LogP) is 1.81. The average Bonchev–Trinajstić information content (AvgIpc) is 3.01. The van der Waals surface area contributed by atoms with Crippen LogP contribution in [0.15, 0.2) is 17.2 Å². The van der Waals surface area contributed by atoms with Crippen molar-refractivity contribution in [2.45, 2.75) is 24.2 Å². The summed E-state index contributed by atoms with van der Waals surface area (Å²) in [5.41, 5.74) is 0.291. The van der Waals surface area contributed by atoms with Crippen LogP contribution in [0.5, 0.6) is 0 Å². The molecule has 3 rings (SSSR count). The highest BCUT2D eigenvalue weighted by Gasteiger charge is 2.38. The molecule has 5 nitrogen and oxygen atoms in total. The number of rotatable bonds is 2. The van der Waals surface area contributed by atoms with E-state index in [0.29, 0.717) is 17.5 Å². The molecular weight excluding hydrogens is 288 g/mol. The summed E-state index contributed by atoms with van der Waals surface area (Å²) < 4.78 is 22.3. The predicted molar refractivity (Wildman–Crippen MR) is 70.6 cm³/mol. The molecule has 1 saturated heterocycles. The number of aromatic nitrogens is 1. The number of halogens is 1. The zero-order valence-electron chi connectivity index (χ0n) is 10.3. The maximum Gasteiger partial charge on any atom is 0.270 e. The first-order valence-electron chi connectivity index (χ1n) is 6.37. The van der Waals surface area contributed by atoms with E-state index in [2.05, 4.69) is 4.98 Å². The summed E-state index contributed by atoms with van der Waals surface area (Å²) in [6.07, 6.45) is 4.90. The van der Waals surface area contributed by atoms with Gasteiger partial charge in [-0.15, -0.1) is 0 Å². The van der Waals surface area contributed by atoms with Crippen molar-refractivity contribution in [1.82, 2.24) is 9.88 Å². The molecule has 2 atom stereocenters. The summed E-state index contributed by atoms with van der Waals surface area (Å²) in [4.78, 5) is 16.7. The van der Waals surface area contributed by atoms with Gasteiger partial charge in [0.05, 0.1) is 0 Å². The smallest absolute Gasteiger partial charge is 0.270 e. The number of nitrogens with one attached hydrogen (secondary N) is 1. The first-order chi connectivity index (χ1) is 8.95. The van der Waals surface area contributed by atoms with Gasteiger partial charge in [-0.1, -0.05) is 6.42 Å². The van der Waals surface area contributed by atoms with Crippen molar-refractivity contribution in [3.63, 3.8) is 0 Å². The van der Waals surface area contributed by atoms with Crippen LogP contribution in [0, 0.1) is 11.8 Å². The van der Waals surface area contributed by atoms with Crippen molar-refractivity contribution in [3.8, 4) is 0 Å². The lowest BCUT2D eigenvalue weighted by Gasteiger charge is -2.16. The van der Waals surface area contributed by atoms with Gasteiger partial charge in [0.15, 0.2) is 0 Å². The number of carbonyl (C=O) groups excluding carboxylic acids is 1. The molecule has 1 aliphatic heterocycles. The van der Waals surface area contributed by atoms with Crippen molar-refractivity contribution in [3.05, 3.63) is 18.0 Å². The van der Waals surface area contributed by atoms with Crippen LogP contribution in [0.1, 0.15) is 29.8 Å². The molecule has 0 bridgehead atoms. The second kappa shape index (κ2) is 4.52. The van der Waals surface area contributed by atoms with E-state index in [4.69, 9.17) is 10.7 Å². The molecule has 1 saturated carbocycles. The van der Waals surface area contributed by atoms with E-state index in [1.807, 2.05) is 4.90 Å². The van der Waals surface area contributed by atoms with E-state index in [-0.39, 0.29) is 10.8 Å². The highest BCUT2D eigenvalue weighted by atomic mass is 35.7. The van der Waals surface area contributed by atoms with Crippen LogP contribution in [0.2, 0.25) is 0 Å². The number of carbonyl (C=O) groups is 1. The maximum atomic E-state index is 12.3. The van der Waals surface area contributed by atoms with Gasteiger partial charge in [0.2, 0.25) is 0 Å². The van der Waals surface area contributed by atoms with Gasteiger partial charge in [-0.05, 0) is 30.7 Å². The molecular formula is C12H15ClN2O3S. The van der Waals surface area contributed by atoms with Crippen molar-refractivity contribution >= 4 is 25.6 Å². The molecule has 2 aliphatic rings. The number of amides is 1. The van der Waals surface area contributed by atoms with E-state index in [1.165, 1.54) is 31.5 Å². The number of hydrogen-bond donors (Lipinski definition) is 1. The number of H-pyrrole nitrogens is 1. The number of fused-ring (bicyclic) bond motifs is 1. The van der Waals surface area contributed by atoms with E-state index < -0.39 is 9.05 Å². The van der Waals surface area contributed by atoms with Gasteiger partial charge in [-0.3, -0.25) is 4.79 Å². The molecule has 104 valence electrons. The third kappa shape index (κ3) is 2.39. The first-order valence-corrected chi connectivity index (χ1v) is 8.68. The quantitative estimate of drug-likeness (QED) is 0.847. The molecule has 1 aromatic heterocycles. The molecule has 0 spiro atoms. The molecule has 0 aromatic carbocycles. The minimum absolute atomic E-state index is 0.0584. The molecule has 19 heavy (non-hydrogen) atoms. The Bertz CT molecular complexity index is 598. The summed E-state index contributed by atoms with van der Waals surface area (Å²) >= 11 is 0. The molecule has 1 aromatic rings. The Morgan fingerprint density at radius 3 is 2.47 bits per heavy atom. The topological polar surface area (TPSA) is 70.2 Å². The van der Waals surface area contributed by atoms with Gasteiger partial charge in [0.1, 0.15) is 10.6 Å². The Morgan fingerprint density at radius 2 is 1.95 bits per heavy atom. The normalized spacial score (nSPS) is 26.7. The van der Waals surface area contributed by atoms with E-state index in [9.17, 15) is 13.2 Å². The fourth-order valence-corrected chi connectivity index (χ4v) is 3.94. The standard InChI is InChI=1S/C12H15ClN2O3S/c13-19(17,18)10-4-11(14-5-10)12(16)15-6-8-2-1-3-9(8)7-15/h4-5,8-9,14H,1-3,6-7H2.